The van der Waals surface area contributed by atoms with Crippen LogP contribution in [0, 0.1) is 5.92 Å². The highest BCUT2D eigenvalue weighted by Crippen LogP contribution is 2.16. The average Bonchev–Trinajstić information content (AvgIpc) is 2.29. The van der Waals surface area contributed by atoms with E-state index in [0.29, 0.717) is 11.4 Å². The Bertz CT molecular complexity index is 420. The summed E-state index contributed by atoms with van der Waals surface area (Å²) in [6.07, 6.45) is 0. The van der Waals surface area contributed by atoms with Crippen LogP contribution >= 0.6 is 0 Å². The number of amides is 2. The molecular formula is C11H15N3O3. The van der Waals surface area contributed by atoms with Gasteiger partial charge in [-0.2, -0.15) is 0 Å². The standard InChI is InChI=1S/C11H15N3O3/c1-7(10(15)16)6-13-11(17)14-9-5-3-2-4-8(9)12/h2-5,7H,6,12H2,1H3,(H,15,16)(H2,13,14,17). The molecule has 1 aromatic carbocycles. The minimum atomic E-state index is -0.954. The molecule has 0 aliphatic rings. The van der Waals surface area contributed by atoms with Gasteiger partial charge in [0.05, 0.1) is 17.3 Å². The fourth-order valence-corrected chi connectivity index (χ4v) is 1.11. The fraction of sp³-hybridized carbons (Fsp3) is 0.273. The second-order valence-electron chi connectivity index (χ2n) is 3.66. The molecule has 0 saturated carbocycles. The van der Waals surface area contributed by atoms with Gasteiger partial charge in [0.2, 0.25) is 0 Å². The molecule has 0 saturated heterocycles. The first-order valence-electron chi connectivity index (χ1n) is 5.13. The highest BCUT2D eigenvalue weighted by Gasteiger charge is 2.12. The molecule has 6 nitrogen and oxygen atoms in total. The van der Waals surface area contributed by atoms with Crippen LogP contribution in [0.4, 0.5) is 16.2 Å². The van der Waals surface area contributed by atoms with Gasteiger partial charge in [0.1, 0.15) is 0 Å². The number of para-hydroxylation sites is 2. The van der Waals surface area contributed by atoms with E-state index in [1.54, 1.807) is 24.3 Å². The lowest BCUT2D eigenvalue weighted by atomic mass is 10.2. The van der Waals surface area contributed by atoms with Gasteiger partial charge in [-0.05, 0) is 12.1 Å². The van der Waals surface area contributed by atoms with Crippen LogP contribution in [0.3, 0.4) is 0 Å². The van der Waals surface area contributed by atoms with Gasteiger partial charge >= 0.3 is 12.0 Å². The third-order valence-corrected chi connectivity index (χ3v) is 2.20. The Hall–Kier alpha value is -2.24. The van der Waals surface area contributed by atoms with Crippen molar-refractivity contribution in [2.24, 2.45) is 5.92 Å². The number of carboxylic acids is 1. The van der Waals surface area contributed by atoms with Crippen LogP contribution in [-0.2, 0) is 4.79 Å². The first-order chi connectivity index (χ1) is 8.00. The Morgan fingerprint density at radius 3 is 2.65 bits per heavy atom. The molecule has 1 rings (SSSR count). The Morgan fingerprint density at radius 2 is 2.06 bits per heavy atom. The number of rotatable bonds is 4. The first kappa shape index (κ1) is 12.8. The largest absolute Gasteiger partial charge is 0.481 e. The van der Waals surface area contributed by atoms with Crippen LogP contribution in [0.1, 0.15) is 6.92 Å². The van der Waals surface area contributed by atoms with Crippen molar-refractivity contribution in [3.63, 3.8) is 0 Å². The number of carboxylic acid groups (broad SMARTS) is 1. The van der Waals surface area contributed by atoms with Crippen molar-refractivity contribution in [3.05, 3.63) is 24.3 Å². The summed E-state index contributed by atoms with van der Waals surface area (Å²) in [5.74, 6) is -1.58. The van der Waals surface area contributed by atoms with E-state index in [9.17, 15) is 9.59 Å². The molecule has 1 atom stereocenters. The van der Waals surface area contributed by atoms with Crippen molar-refractivity contribution >= 4 is 23.4 Å². The van der Waals surface area contributed by atoms with Crippen molar-refractivity contribution in [3.8, 4) is 0 Å². The van der Waals surface area contributed by atoms with Crippen LogP contribution in [0.25, 0.3) is 0 Å². The van der Waals surface area contributed by atoms with Gasteiger partial charge in [-0.3, -0.25) is 4.79 Å². The normalized spacial score (nSPS) is 11.6. The van der Waals surface area contributed by atoms with E-state index in [2.05, 4.69) is 10.6 Å². The number of hydrogen-bond acceptors (Lipinski definition) is 3. The van der Waals surface area contributed by atoms with Gasteiger partial charge in [0.25, 0.3) is 0 Å². The summed E-state index contributed by atoms with van der Waals surface area (Å²) in [6.45, 7) is 1.58. The number of anilines is 2. The molecule has 1 aromatic rings. The summed E-state index contributed by atoms with van der Waals surface area (Å²) in [5, 5.41) is 13.6. The van der Waals surface area contributed by atoms with Gasteiger partial charge < -0.3 is 21.5 Å². The number of carbonyl (C=O) groups is 2. The second kappa shape index (κ2) is 5.74. The Kier molecular flexibility index (Phi) is 4.33. The molecule has 0 aromatic heterocycles. The van der Waals surface area contributed by atoms with E-state index in [4.69, 9.17) is 10.8 Å². The third kappa shape index (κ3) is 4.02. The van der Waals surface area contributed by atoms with Crippen LogP contribution in [0.5, 0.6) is 0 Å². The predicted octanol–water partition coefficient (Wildman–Crippen LogP) is 1.11. The Morgan fingerprint density at radius 1 is 1.41 bits per heavy atom. The number of aliphatic carboxylic acids is 1. The highest BCUT2D eigenvalue weighted by molar-refractivity contribution is 5.92. The van der Waals surface area contributed by atoms with E-state index in [0.717, 1.165) is 0 Å². The minimum absolute atomic E-state index is 0.0634. The zero-order valence-corrected chi connectivity index (χ0v) is 9.43. The van der Waals surface area contributed by atoms with Crippen LogP contribution in [0.15, 0.2) is 24.3 Å². The predicted molar refractivity (Wildman–Crippen MR) is 64.7 cm³/mol. The zero-order chi connectivity index (χ0) is 12.8. The van der Waals surface area contributed by atoms with E-state index >= 15 is 0 Å². The Balaban J connectivity index is 2.46. The maximum atomic E-state index is 11.4. The first-order valence-corrected chi connectivity index (χ1v) is 5.13. The molecule has 6 heteroatoms. The molecule has 5 N–H and O–H groups in total. The molecular weight excluding hydrogens is 222 g/mol. The summed E-state index contributed by atoms with van der Waals surface area (Å²) < 4.78 is 0. The van der Waals surface area contributed by atoms with E-state index in [1.807, 2.05) is 0 Å². The quantitative estimate of drug-likeness (QED) is 0.589. The molecule has 1 unspecified atom stereocenters. The van der Waals surface area contributed by atoms with Gasteiger partial charge in [-0.1, -0.05) is 19.1 Å². The van der Waals surface area contributed by atoms with E-state index in [-0.39, 0.29) is 6.54 Å². The van der Waals surface area contributed by atoms with Crippen LogP contribution in [0.2, 0.25) is 0 Å². The zero-order valence-electron chi connectivity index (χ0n) is 9.43. The van der Waals surface area contributed by atoms with Crippen molar-refractivity contribution in [1.29, 1.82) is 0 Å². The number of nitrogen functional groups attached to an aromatic ring is 1. The number of nitrogens with one attached hydrogen (secondary N) is 2. The van der Waals surface area contributed by atoms with E-state index < -0.39 is 17.9 Å². The molecule has 0 heterocycles. The summed E-state index contributed by atoms with van der Waals surface area (Å²) >= 11 is 0. The molecule has 0 spiro atoms. The number of urea groups is 1. The molecule has 92 valence electrons. The number of hydrogen-bond donors (Lipinski definition) is 4. The summed E-state index contributed by atoms with van der Waals surface area (Å²) in [5.41, 5.74) is 6.58. The SMILES string of the molecule is CC(CNC(=O)Nc1ccccc1N)C(=O)O. The number of nitrogens with two attached hydrogens (primary N) is 1. The lowest BCUT2D eigenvalue weighted by Gasteiger charge is -2.11. The van der Waals surface area contributed by atoms with Gasteiger partial charge in [-0.25, -0.2) is 4.79 Å². The molecule has 2 amide bonds. The third-order valence-electron chi connectivity index (χ3n) is 2.20. The van der Waals surface area contributed by atoms with Crippen LogP contribution in [-0.4, -0.2) is 23.7 Å². The molecule has 0 radical (unpaired) electrons. The van der Waals surface area contributed by atoms with Gasteiger partial charge in [0, 0.05) is 6.54 Å². The summed E-state index contributed by atoms with van der Waals surface area (Å²) in [4.78, 5) is 22.0. The lowest BCUT2D eigenvalue weighted by Crippen LogP contribution is -2.34. The maximum absolute atomic E-state index is 11.4. The number of benzene rings is 1. The maximum Gasteiger partial charge on any atom is 0.319 e. The minimum Gasteiger partial charge on any atom is -0.481 e. The Labute approximate surface area is 98.8 Å². The molecule has 0 fully saturated rings. The summed E-state index contributed by atoms with van der Waals surface area (Å²) in [7, 11) is 0. The molecule has 0 bridgehead atoms. The smallest absolute Gasteiger partial charge is 0.319 e. The second-order valence-corrected chi connectivity index (χ2v) is 3.66. The average molecular weight is 237 g/mol. The highest BCUT2D eigenvalue weighted by atomic mass is 16.4. The summed E-state index contributed by atoms with van der Waals surface area (Å²) in [6, 6.07) is 6.35. The lowest BCUT2D eigenvalue weighted by molar-refractivity contribution is -0.140. The molecule has 0 aliphatic carbocycles. The van der Waals surface area contributed by atoms with Crippen LogP contribution < -0.4 is 16.4 Å². The van der Waals surface area contributed by atoms with Gasteiger partial charge in [0.15, 0.2) is 0 Å². The van der Waals surface area contributed by atoms with Crippen molar-refractivity contribution in [1.82, 2.24) is 5.32 Å². The topological polar surface area (TPSA) is 104 Å². The van der Waals surface area contributed by atoms with E-state index in [1.165, 1.54) is 6.92 Å². The van der Waals surface area contributed by atoms with Crippen molar-refractivity contribution in [2.75, 3.05) is 17.6 Å². The van der Waals surface area contributed by atoms with Crippen molar-refractivity contribution in [2.45, 2.75) is 6.92 Å². The fourth-order valence-electron chi connectivity index (χ4n) is 1.11. The number of carbonyl (C=O) groups excluding carboxylic acids is 1. The monoisotopic (exact) mass is 237 g/mol. The van der Waals surface area contributed by atoms with Crippen molar-refractivity contribution < 1.29 is 14.7 Å². The molecule has 0 aliphatic heterocycles. The molecule has 17 heavy (non-hydrogen) atoms. The van der Waals surface area contributed by atoms with Gasteiger partial charge in [-0.15, -0.1) is 0 Å².